The van der Waals surface area contributed by atoms with Gasteiger partial charge in [0.1, 0.15) is 0 Å². The minimum absolute atomic E-state index is 0.0833. The van der Waals surface area contributed by atoms with Gasteiger partial charge >= 0.3 is 11.9 Å². The van der Waals surface area contributed by atoms with E-state index in [2.05, 4.69) is 51.3 Å². The summed E-state index contributed by atoms with van der Waals surface area (Å²) in [5, 5.41) is 16.9. The molecule has 1 aromatic rings. The van der Waals surface area contributed by atoms with Crippen LogP contribution in [0.15, 0.2) is 24.3 Å². The first-order valence-corrected chi connectivity index (χ1v) is 9.32. The van der Waals surface area contributed by atoms with Gasteiger partial charge in [-0.25, -0.2) is 9.59 Å². The molecule has 0 bridgehead atoms. The molecule has 0 aromatic heterocycles. The molecule has 1 aromatic carbocycles. The first-order valence-electron chi connectivity index (χ1n) is 9.32. The van der Waals surface area contributed by atoms with E-state index in [1.807, 2.05) is 0 Å². The minimum Gasteiger partial charge on any atom is -0.478 e. The van der Waals surface area contributed by atoms with Gasteiger partial charge in [0.05, 0.1) is 11.1 Å². The van der Waals surface area contributed by atoms with Gasteiger partial charge in [-0.3, -0.25) is 0 Å². The average molecular weight is 369 g/mol. The number of rotatable bonds is 8. The van der Waals surface area contributed by atoms with Crippen molar-refractivity contribution in [2.24, 2.45) is 0 Å². The largest absolute Gasteiger partial charge is 0.478 e. The van der Waals surface area contributed by atoms with Crippen molar-refractivity contribution in [2.45, 2.75) is 41.5 Å². The van der Waals surface area contributed by atoms with Gasteiger partial charge in [-0.2, -0.15) is 0 Å². The smallest absolute Gasteiger partial charge is 0.335 e. The van der Waals surface area contributed by atoms with E-state index in [0.717, 1.165) is 0 Å². The van der Waals surface area contributed by atoms with Crippen LogP contribution < -0.4 is 0 Å². The predicted octanol–water partition coefficient (Wildman–Crippen LogP) is 3.78. The molecule has 0 radical (unpaired) electrons. The highest BCUT2D eigenvalue weighted by atomic mass is 16.4. The van der Waals surface area contributed by atoms with E-state index < -0.39 is 11.9 Å². The van der Waals surface area contributed by atoms with Crippen molar-refractivity contribution >= 4 is 11.9 Å². The Balaban J connectivity index is 0. The second-order valence-electron chi connectivity index (χ2n) is 5.43. The Hall–Kier alpha value is -1.92. The molecule has 0 saturated heterocycles. The van der Waals surface area contributed by atoms with E-state index in [-0.39, 0.29) is 11.1 Å². The van der Waals surface area contributed by atoms with Gasteiger partial charge in [0.15, 0.2) is 0 Å². The maximum Gasteiger partial charge on any atom is 0.335 e. The zero-order valence-electron chi connectivity index (χ0n) is 17.2. The van der Waals surface area contributed by atoms with Gasteiger partial charge in [0, 0.05) is 0 Å². The molecule has 0 fully saturated rings. The fraction of sp³-hybridized carbons (Fsp3) is 0.600. The van der Waals surface area contributed by atoms with Gasteiger partial charge in [-0.05, 0) is 63.5 Å². The summed E-state index contributed by atoms with van der Waals surface area (Å²) < 4.78 is 0. The second kappa shape index (κ2) is 16.5. The first kappa shape index (κ1) is 26.3. The molecular weight excluding hydrogens is 332 g/mol. The summed E-state index contributed by atoms with van der Waals surface area (Å²) >= 11 is 0. The molecule has 0 aliphatic heterocycles. The minimum atomic E-state index is -1.06. The van der Waals surface area contributed by atoms with Crippen molar-refractivity contribution < 1.29 is 19.8 Å². The molecule has 1 rings (SSSR count). The van der Waals surface area contributed by atoms with Crippen molar-refractivity contribution in [3.63, 3.8) is 0 Å². The molecule has 0 heterocycles. The van der Waals surface area contributed by atoms with Crippen LogP contribution in [0.25, 0.3) is 0 Å². The van der Waals surface area contributed by atoms with Crippen LogP contribution in [0.5, 0.6) is 0 Å². The van der Waals surface area contributed by atoms with Crippen LogP contribution in [0.3, 0.4) is 0 Å². The summed E-state index contributed by atoms with van der Waals surface area (Å²) in [7, 11) is 0. The lowest BCUT2D eigenvalue weighted by atomic mass is 10.1. The van der Waals surface area contributed by atoms with Gasteiger partial charge in [0.2, 0.25) is 0 Å². The molecule has 0 spiro atoms. The van der Waals surface area contributed by atoms with E-state index in [4.69, 9.17) is 10.2 Å². The number of aromatic carboxylic acids is 2. The molecular formula is C20H36N2O4. The number of nitrogens with zero attached hydrogens (tertiary/aromatic N) is 2. The van der Waals surface area contributed by atoms with Crippen molar-refractivity contribution in [1.29, 1.82) is 0 Å². The number of hydrogen-bond acceptors (Lipinski definition) is 4. The molecule has 0 aliphatic carbocycles. The van der Waals surface area contributed by atoms with Crippen molar-refractivity contribution in [3.8, 4) is 0 Å². The van der Waals surface area contributed by atoms with Gasteiger partial charge in [0.25, 0.3) is 0 Å². The molecule has 2 N–H and O–H groups in total. The Kier molecular flexibility index (Phi) is 16.7. The molecule has 0 unspecified atom stereocenters. The maximum atomic E-state index is 10.3. The number of carbonyl (C=O) groups is 2. The van der Waals surface area contributed by atoms with E-state index in [1.165, 1.54) is 63.5 Å². The lowest BCUT2D eigenvalue weighted by Gasteiger charge is -2.13. The van der Waals surface area contributed by atoms with E-state index >= 15 is 0 Å². The molecule has 0 atom stereocenters. The third-order valence-electron chi connectivity index (χ3n) is 4.06. The van der Waals surface area contributed by atoms with Crippen LogP contribution in [0.1, 0.15) is 62.3 Å². The third kappa shape index (κ3) is 12.4. The fourth-order valence-corrected chi connectivity index (χ4v) is 2.10. The van der Waals surface area contributed by atoms with Gasteiger partial charge < -0.3 is 20.0 Å². The monoisotopic (exact) mass is 368 g/mol. The zero-order chi connectivity index (χ0) is 20.5. The van der Waals surface area contributed by atoms with Crippen LogP contribution in [0, 0.1) is 0 Å². The highest BCUT2D eigenvalue weighted by Crippen LogP contribution is 2.03. The van der Waals surface area contributed by atoms with E-state index in [1.54, 1.807) is 0 Å². The SMILES string of the molecule is CCN(CC)CC.CCN(CC)CC.O=C(O)c1ccc(C(=O)O)cc1. The van der Waals surface area contributed by atoms with Crippen molar-refractivity contribution in [1.82, 2.24) is 9.80 Å². The van der Waals surface area contributed by atoms with Crippen LogP contribution in [0.4, 0.5) is 0 Å². The summed E-state index contributed by atoms with van der Waals surface area (Å²) in [6, 6.07) is 5.02. The van der Waals surface area contributed by atoms with Crippen LogP contribution >= 0.6 is 0 Å². The van der Waals surface area contributed by atoms with Crippen molar-refractivity contribution in [3.05, 3.63) is 35.4 Å². The quantitative estimate of drug-likeness (QED) is 0.727. The van der Waals surface area contributed by atoms with E-state index in [9.17, 15) is 9.59 Å². The zero-order valence-corrected chi connectivity index (χ0v) is 17.2. The Morgan fingerprint density at radius 2 is 0.808 bits per heavy atom. The van der Waals surface area contributed by atoms with Gasteiger partial charge in [-0.1, -0.05) is 41.5 Å². The molecule has 150 valence electrons. The molecule has 26 heavy (non-hydrogen) atoms. The molecule has 0 amide bonds. The second-order valence-corrected chi connectivity index (χ2v) is 5.43. The summed E-state index contributed by atoms with van der Waals surface area (Å²) in [5.41, 5.74) is 0.167. The summed E-state index contributed by atoms with van der Waals surface area (Å²) in [6.07, 6.45) is 0. The highest BCUT2D eigenvalue weighted by Gasteiger charge is 2.04. The topological polar surface area (TPSA) is 81.1 Å². The fourth-order valence-electron chi connectivity index (χ4n) is 2.10. The first-order chi connectivity index (χ1) is 12.3. The van der Waals surface area contributed by atoms with Crippen LogP contribution in [-0.2, 0) is 0 Å². The maximum absolute atomic E-state index is 10.3. The lowest BCUT2D eigenvalue weighted by Crippen LogP contribution is -2.21. The third-order valence-corrected chi connectivity index (χ3v) is 4.06. The molecule has 6 nitrogen and oxygen atoms in total. The average Bonchev–Trinajstić information content (AvgIpc) is 2.65. The highest BCUT2D eigenvalue weighted by molar-refractivity contribution is 5.91. The lowest BCUT2D eigenvalue weighted by molar-refractivity contribution is 0.0681. The standard InChI is InChI=1S/C8H6O4.2C6H15N/c9-7(10)5-1-2-6(4-3-5)8(11)12;2*1-4-7(5-2)6-3/h1-4H,(H,9,10)(H,11,12);2*4-6H2,1-3H3. The Morgan fingerprint density at radius 1 is 0.615 bits per heavy atom. The predicted molar refractivity (Wildman–Crippen MR) is 107 cm³/mol. The number of carboxylic acid groups (broad SMARTS) is 2. The molecule has 0 aliphatic rings. The Morgan fingerprint density at radius 3 is 0.885 bits per heavy atom. The number of carboxylic acids is 2. The van der Waals surface area contributed by atoms with Crippen LogP contribution in [-0.4, -0.2) is 71.2 Å². The number of hydrogen-bond donors (Lipinski definition) is 2. The van der Waals surface area contributed by atoms with Gasteiger partial charge in [-0.15, -0.1) is 0 Å². The Bertz CT molecular complexity index is 425. The van der Waals surface area contributed by atoms with Crippen molar-refractivity contribution in [2.75, 3.05) is 39.3 Å². The summed E-state index contributed by atoms with van der Waals surface area (Å²) in [4.78, 5) is 25.4. The molecule has 0 saturated carbocycles. The molecule has 6 heteroatoms. The normalized spacial score (nSPS) is 9.85. The number of benzene rings is 1. The Labute approximate surface area is 158 Å². The summed E-state index contributed by atoms with van der Waals surface area (Å²) in [5.74, 6) is -2.13. The summed E-state index contributed by atoms with van der Waals surface area (Å²) in [6.45, 7) is 20.2. The van der Waals surface area contributed by atoms with E-state index in [0.29, 0.717) is 0 Å². The van der Waals surface area contributed by atoms with Crippen LogP contribution in [0.2, 0.25) is 0 Å².